The molecular formula is C5H8Cl. The Morgan fingerprint density at radius 3 is 2.33 bits per heavy atom. The lowest BCUT2D eigenvalue weighted by Gasteiger charge is -1.89. The zero-order chi connectivity index (χ0) is 4.99. The standard InChI is InChI=1S/C5H8Cl/c1-3-4-5(2)6/h3,5H,1-2,4H2. The summed E-state index contributed by atoms with van der Waals surface area (Å²) < 4.78 is 0. The van der Waals surface area contributed by atoms with E-state index in [1.165, 1.54) is 0 Å². The molecule has 0 N–H and O–H groups in total. The Labute approximate surface area is 43.8 Å². The molecule has 0 aromatic heterocycles. The van der Waals surface area contributed by atoms with Gasteiger partial charge < -0.3 is 0 Å². The lowest BCUT2D eigenvalue weighted by atomic mass is 10.3. The van der Waals surface area contributed by atoms with Gasteiger partial charge in [-0.2, -0.15) is 0 Å². The van der Waals surface area contributed by atoms with Crippen LogP contribution in [0.25, 0.3) is 0 Å². The molecule has 1 atom stereocenters. The van der Waals surface area contributed by atoms with Gasteiger partial charge in [-0.3, -0.25) is 0 Å². The number of halogens is 1. The molecule has 1 heteroatoms. The van der Waals surface area contributed by atoms with Crippen molar-refractivity contribution in [3.8, 4) is 0 Å². The molecule has 0 aliphatic heterocycles. The lowest BCUT2D eigenvalue weighted by Crippen LogP contribution is -1.83. The van der Waals surface area contributed by atoms with Crippen molar-refractivity contribution in [3.05, 3.63) is 19.6 Å². The fraction of sp³-hybridized carbons (Fsp3) is 0.400. The minimum atomic E-state index is 0.00231. The van der Waals surface area contributed by atoms with Gasteiger partial charge in [-0.25, -0.2) is 0 Å². The molecule has 0 aliphatic rings. The van der Waals surface area contributed by atoms with E-state index in [0.717, 1.165) is 6.42 Å². The molecule has 0 saturated carbocycles. The molecule has 0 amide bonds. The zero-order valence-corrected chi connectivity index (χ0v) is 4.41. The summed E-state index contributed by atoms with van der Waals surface area (Å²) in [7, 11) is 0. The number of hydrogen-bond acceptors (Lipinski definition) is 0. The van der Waals surface area contributed by atoms with Crippen LogP contribution >= 0.6 is 11.6 Å². The largest absolute Gasteiger partial charge is 0.123 e. The van der Waals surface area contributed by atoms with Crippen molar-refractivity contribution in [3.63, 3.8) is 0 Å². The quantitative estimate of drug-likeness (QED) is 0.371. The minimum absolute atomic E-state index is 0.00231. The minimum Gasteiger partial charge on any atom is -0.123 e. The van der Waals surface area contributed by atoms with E-state index in [1.807, 2.05) is 0 Å². The molecule has 35 valence electrons. The predicted molar refractivity (Wildman–Crippen MR) is 29.8 cm³/mol. The summed E-state index contributed by atoms with van der Waals surface area (Å²) in [4.78, 5) is 0. The third-order valence-corrected chi connectivity index (χ3v) is 0.601. The van der Waals surface area contributed by atoms with E-state index >= 15 is 0 Å². The molecule has 0 rings (SSSR count). The van der Waals surface area contributed by atoms with Crippen LogP contribution in [0, 0.1) is 6.92 Å². The van der Waals surface area contributed by atoms with Crippen LogP contribution < -0.4 is 0 Å². The maximum Gasteiger partial charge on any atom is 0.0370 e. The van der Waals surface area contributed by atoms with Gasteiger partial charge in [0.25, 0.3) is 0 Å². The first-order valence-corrected chi connectivity index (χ1v) is 2.29. The smallest absolute Gasteiger partial charge is 0.0370 e. The molecule has 0 aromatic carbocycles. The fourth-order valence-corrected chi connectivity index (χ4v) is 0.307. The van der Waals surface area contributed by atoms with Crippen LogP contribution in [0.15, 0.2) is 12.7 Å². The topological polar surface area (TPSA) is 0 Å². The average molecular weight is 104 g/mol. The lowest BCUT2D eigenvalue weighted by molar-refractivity contribution is 1.06. The van der Waals surface area contributed by atoms with Crippen molar-refractivity contribution >= 4 is 11.6 Å². The summed E-state index contributed by atoms with van der Waals surface area (Å²) in [6, 6.07) is 0. The Morgan fingerprint density at radius 1 is 1.83 bits per heavy atom. The van der Waals surface area contributed by atoms with Crippen LogP contribution in [0.1, 0.15) is 6.42 Å². The zero-order valence-electron chi connectivity index (χ0n) is 3.65. The highest BCUT2D eigenvalue weighted by Crippen LogP contribution is 1.97. The summed E-state index contributed by atoms with van der Waals surface area (Å²) in [5.74, 6) is 0. The Balaban J connectivity index is 2.81. The van der Waals surface area contributed by atoms with E-state index in [-0.39, 0.29) is 5.38 Å². The number of alkyl halides is 1. The van der Waals surface area contributed by atoms with Crippen molar-refractivity contribution in [2.75, 3.05) is 0 Å². The van der Waals surface area contributed by atoms with Crippen molar-refractivity contribution in [1.29, 1.82) is 0 Å². The molecule has 0 nitrogen and oxygen atoms in total. The first kappa shape index (κ1) is 6.03. The second kappa shape index (κ2) is 3.23. The second-order valence-corrected chi connectivity index (χ2v) is 1.74. The van der Waals surface area contributed by atoms with Crippen LogP contribution in [0.4, 0.5) is 0 Å². The third-order valence-electron chi connectivity index (χ3n) is 0.422. The molecule has 0 saturated heterocycles. The van der Waals surface area contributed by atoms with E-state index in [2.05, 4.69) is 13.5 Å². The first-order valence-electron chi connectivity index (χ1n) is 1.85. The SMILES string of the molecule is [CH2]C(Cl)CC=C. The average Bonchev–Trinajstić information content (AvgIpc) is 1.35. The first-order chi connectivity index (χ1) is 2.77. The normalized spacial score (nSPS) is 13.7. The summed E-state index contributed by atoms with van der Waals surface area (Å²) in [6.07, 6.45) is 2.55. The molecule has 0 bridgehead atoms. The van der Waals surface area contributed by atoms with E-state index < -0.39 is 0 Å². The summed E-state index contributed by atoms with van der Waals surface area (Å²) in [5.41, 5.74) is 0. The second-order valence-electron chi connectivity index (χ2n) is 1.12. The van der Waals surface area contributed by atoms with Crippen molar-refractivity contribution in [2.45, 2.75) is 11.8 Å². The molecule has 1 radical (unpaired) electrons. The summed E-state index contributed by atoms with van der Waals surface area (Å²) >= 11 is 5.40. The van der Waals surface area contributed by atoms with Gasteiger partial charge in [0.1, 0.15) is 0 Å². The van der Waals surface area contributed by atoms with Crippen LogP contribution in [0.2, 0.25) is 0 Å². The van der Waals surface area contributed by atoms with Crippen molar-refractivity contribution in [1.82, 2.24) is 0 Å². The van der Waals surface area contributed by atoms with E-state index in [0.29, 0.717) is 0 Å². The Kier molecular flexibility index (Phi) is 3.24. The molecule has 0 fully saturated rings. The monoisotopic (exact) mass is 103 g/mol. The highest BCUT2D eigenvalue weighted by molar-refractivity contribution is 6.21. The number of allylic oxidation sites excluding steroid dienone is 1. The Morgan fingerprint density at radius 2 is 2.33 bits per heavy atom. The van der Waals surface area contributed by atoms with Gasteiger partial charge in [-0.15, -0.1) is 18.2 Å². The van der Waals surface area contributed by atoms with E-state index in [1.54, 1.807) is 6.08 Å². The van der Waals surface area contributed by atoms with Gasteiger partial charge in [-0.05, 0) is 13.3 Å². The van der Waals surface area contributed by atoms with E-state index in [4.69, 9.17) is 11.6 Å². The number of hydrogen-bond donors (Lipinski definition) is 0. The molecular weight excluding hydrogens is 95.5 g/mol. The highest BCUT2D eigenvalue weighted by Gasteiger charge is 1.86. The Bertz CT molecular complexity index is 39.2. The van der Waals surface area contributed by atoms with Gasteiger partial charge in [0, 0.05) is 5.38 Å². The maximum absolute atomic E-state index is 5.40. The third kappa shape index (κ3) is 4.03. The van der Waals surface area contributed by atoms with Crippen molar-refractivity contribution in [2.24, 2.45) is 0 Å². The van der Waals surface area contributed by atoms with Crippen LogP contribution in [-0.2, 0) is 0 Å². The van der Waals surface area contributed by atoms with Gasteiger partial charge in [0.15, 0.2) is 0 Å². The summed E-state index contributed by atoms with van der Waals surface area (Å²) in [6.45, 7) is 7.00. The van der Waals surface area contributed by atoms with Crippen molar-refractivity contribution < 1.29 is 0 Å². The van der Waals surface area contributed by atoms with Crippen LogP contribution in [-0.4, -0.2) is 5.38 Å². The predicted octanol–water partition coefficient (Wildman–Crippen LogP) is 2.00. The Hall–Kier alpha value is 0.0300. The molecule has 1 unspecified atom stereocenters. The molecule has 0 spiro atoms. The fourth-order valence-electron chi connectivity index (χ4n) is 0.181. The maximum atomic E-state index is 5.40. The van der Waals surface area contributed by atoms with Gasteiger partial charge in [-0.1, -0.05) is 6.08 Å². The van der Waals surface area contributed by atoms with Gasteiger partial charge in [0.05, 0.1) is 0 Å². The molecule has 0 heterocycles. The molecule has 0 aliphatic carbocycles. The molecule has 0 aromatic rings. The number of rotatable bonds is 2. The van der Waals surface area contributed by atoms with Crippen LogP contribution in [0.3, 0.4) is 0 Å². The van der Waals surface area contributed by atoms with Gasteiger partial charge >= 0.3 is 0 Å². The summed E-state index contributed by atoms with van der Waals surface area (Å²) in [5, 5.41) is 0.00231. The highest BCUT2D eigenvalue weighted by atomic mass is 35.5. The van der Waals surface area contributed by atoms with Crippen LogP contribution in [0.5, 0.6) is 0 Å². The van der Waals surface area contributed by atoms with E-state index in [9.17, 15) is 0 Å². The molecule has 6 heavy (non-hydrogen) atoms. The van der Waals surface area contributed by atoms with Gasteiger partial charge in [0.2, 0.25) is 0 Å².